The first-order chi connectivity index (χ1) is 16.0. The molecule has 1 aliphatic heterocycles. The van der Waals surface area contributed by atoms with Crippen LogP contribution in [0.4, 0.5) is 19.1 Å². The number of benzene rings is 2. The number of imidazole rings is 1. The molecule has 0 atom stereocenters. The van der Waals surface area contributed by atoms with Gasteiger partial charge in [0.15, 0.2) is 11.6 Å². The molecule has 0 aliphatic carbocycles. The summed E-state index contributed by atoms with van der Waals surface area (Å²) in [5.74, 6) is -2.44. The predicted molar refractivity (Wildman–Crippen MR) is 117 cm³/mol. The van der Waals surface area contributed by atoms with Gasteiger partial charge in [-0.25, -0.2) is 28.1 Å². The van der Waals surface area contributed by atoms with E-state index in [-0.39, 0.29) is 11.3 Å². The van der Waals surface area contributed by atoms with Gasteiger partial charge < -0.3 is 19.4 Å². The molecule has 0 fully saturated rings. The monoisotopic (exact) mass is 455 g/mol. The number of nitrogens with zero attached hydrogens (tertiary/aromatic N) is 4. The molecule has 1 aliphatic rings. The molecule has 5 rings (SSSR count). The Labute approximate surface area is 187 Å². The molecule has 0 saturated carbocycles. The van der Waals surface area contributed by atoms with Crippen LogP contribution in [0, 0.1) is 17.5 Å². The second-order valence-corrected chi connectivity index (χ2v) is 7.57. The molecule has 2 aromatic heterocycles. The maximum atomic E-state index is 14.7. The van der Waals surface area contributed by atoms with E-state index in [0.717, 1.165) is 12.5 Å². The highest BCUT2D eigenvalue weighted by Gasteiger charge is 2.26. The van der Waals surface area contributed by atoms with Gasteiger partial charge in [-0.05, 0) is 24.6 Å². The third kappa shape index (κ3) is 3.97. The highest BCUT2D eigenvalue weighted by Crippen LogP contribution is 2.38. The fourth-order valence-corrected chi connectivity index (χ4v) is 3.89. The Balaban J connectivity index is 1.66. The summed E-state index contributed by atoms with van der Waals surface area (Å²) in [4.78, 5) is 13.4. The van der Waals surface area contributed by atoms with Crippen LogP contribution in [0.1, 0.15) is 6.42 Å². The third-order valence-electron chi connectivity index (χ3n) is 5.39. The molecule has 0 bridgehead atoms. The van der Waals surface area contributed by atoms with E-state index in [4.69, 9.17) is 9.47 Å². The highest BCUT2D eigenvalue weighted by molar-refractivity contribution is 5.87. The zero-order valence-corrected chi connectivity index (χ0v) is 17.7. The van der Waals surface area contributed by atoms with E-state index in [2.05, 4.69) is 20.3 Å². The minimum absolute atomic E-state index is 0.148. The van der Waals surface area contributed by atoms with E-state index in [0.29, 0.717) is 66.5 Å². The highest BCUT2D eigenvalue weighted by atomic mass is 19.2. The fourth-order valence-electron chi connectivity index (χ4n) is 3.89. The van der Waals surface area contributed by atoms with Gasteiger partial charge in [0, 0.05) is 37.4 Å². The van der Waals surface area contributed by atoms with Crippen molar-refractivity contribution in [1.82, 2.24) is 19.5 Å². The molecule has 0 saturated heterocycles. The summed E-state index contributed by atoms with van der Waals surface area (Å²) < 4.78 is 55.1. The van der Waals surface area contributed by atoms with Crippen LogP contribution < -0.4 is 10.1 Å². The van der Waals surface area contributed by atoms with Crippen LogP contribution in [-0.4, -0.2) is 46.4 Å². The molecule has 0 unspecified atom stereocenters. The number of anilines is 1. The molecule has 2 aromatic carbocycles. The van der Waals surface area contributed by atoms with Gasteiger partial charge in [-0.1, -0.05) is 6.07 Å². The maximum absolute atomic E-state index is 14.7. The minimum atomic E-state index is -1.27. The van der Waals surface area contributed by atoms with Gasteiger partial charge in [0.25, 0.3) is 0 Å². The van der Waals surface area contributed by atoms with Crippen LogP contribution >= 0.6 is 0 Å². The maximum Gasteiger partial charge on any atom is 0.232 e. The average Bonchev–Trinajstić information content (AvgIpc) is 3.20. The Morgan fingerprint density at radius 2 is 1.94 bits per heavy atom. The molecule has 4 aromatic rings. The lowest BCUT2D eigenvalue weighted by molar-refractivity contribution is 0.143. The Morgan fingerprint density at radius 3 is 2.79 bits per heavy atom. The van der Waals surface area contributed by atoms with Crippen LogP contribution in [0.25, 0.3) is 33.5 Å². The molecule has 10 heteroatoms. The Morgan fingerprint density at radius 1 is 1.06 bits per heavy atom. The summed E-state index contributed by atoms with van der Waals surface area (Å²) in [6.07, 6.45) is 2.35. The van der Waals surface area contributed by atoms with Crippen LogP contribution in [0.3, 0.4) is 0 Å². The first kappa shape index (κ1) is 21.2. The molecule has 0 amide bonds. The largest absolute Gasteiger partial charge is 0.474 e. The molecule has 33 heavy (non-hydrogen) atoms. The lowest BCUT2D eigenvalue weighted by Crippen LogP contribution is -2.17. The quantitative estimate of drug-likeness (QED) is 0.343. The van der Waals surface area contributed by atoms with E-state index in [9.17, 15) is 13.2 Å². The second-order valence-electron chi connectivity index (χ2n) is 7.57. The summed E-state index contributed by atoms with van der Waals surface area (Å²) in [6.45, 7) is 2.05. The summed E-state index contributed by atoms with van der Waals surface area (Å²) in [7, 11) is 1.58. The van der Waals surface area contributed by atoms with Crippen molar-refractivity contribution in [2.45, 2.75) is 13.0 Å². The van der Waals surface area contributed by atoms with Crippen molar-refractivity contribution in [1.29, 1.82) is 0 Å². The van der Waals surface area contributed by atoms with Gasteiger partial charge in [-0.2, -0.15) is 0 Å². The van der Waals surface area contributed by atoms with Crippen molar-refractivity contribution in [3.63, 3.8) is 0 Å². The zero-order chi connectivity index (χ0) is 22.9. The van der Waals surface area contributed by atoms with Gasteiger partial charge in [0.2, 0.25) is 11.8 Å². The van der Waals surface area contributed by atoms with Crippen LogP contribution in [-0.2, 0) is 11.3 Å². The van der Waals surface area contributed by atoms with Crippen molar-refractivity contribution >= 4 is 17.0 Å². The minimum Gasteiger partial charge on any atom is -0.474 e. The smallest absolute Gasteiger partial charge is 0.232 e. The number of hydrogen-bond donors (Lipinski definition) is 1. The van der Waals surface area contributed by atoms with Crippen LogP contribution in [0.15, 0.2) is 36.5 Å². The van der Waals surface area contributed by atoms with Gasteiger partial charge >= 0.3 is 0 Å². The number of rotatable bonds is 6. The molecule has 170 valence electrons. The molecular weight excluding hydrogens is 435 g/mol. The van der Waals surface area contributed by atoms with Crippen molar-refractivity contribution in [3.8, 4) is 28.4 Å². The lowest BCUT2D eigenvalue weighted by Gasteiger charge is -2.18. The van der Waals surface area contributed by atoms with Gasteiger partial charge in [-0.15, -0.1) is 0 Å². The number of methoxy groups -OCH3 is 1. The first-order valence-electron chi connectivity index (χ1n) is 10.4. The molecule has 3 heterocycles. The van der Waals surface area contributed by atoms with E-state index in [1.54, 1.807) is 25.3 Å². The Hall–Kier alpha value is -3.66. The van der Waals surface area contributed by atoms with Crippen LogP contribution in [0.5, 0.6) is 5.88 Å². The summed E-state index contributed by atoms with van der Waals surface area (Å²) in [5, 5.41) is 3.17. The van der Waals surface area contributed by atoms with Gasteiger partial charge in [0.05, 0.1) is 29.5 Å². The van der Waals surface area contributed by atoms with E-state index in [1.807, 2.05) is 4.57 Å². The first-order valence-corrected chi connectivity index (χ1v) is 10.4. The van der Waals surface area contributed by atoms with Crippen molar-refractivity contribution in [2.24, 2.45) is 0 Å². The van der Waals surface area contributed by atoms with Crippen molar-refractivity contribution in [2.75, 3.05) is 32.2 Å². The number of aromatic nitrogens is 4. The lowest BCUT2D eigenvalue weighted by atomic mass is 10.0. The summed E-state index contributed by atoms with van der Waals surface area (Å²) >= 11 is 0. The van der Waals surface area contributed by atoms with Crippen molar-refractivity contribution < 1.29 is 22.6 Å². The van der Waals surface area contributed by atoms with Crippen LogP contribution in [0.2, 0.25) is 0 Å². The van der Waals surface area contributed by atoms with Gasteiger partial charge in [-0.3, -0.25) is 0 Å². The molecule has 0 radical (unpaired) electrons. The summed E-state index contributed by atoms with van der Waals surface area (Å²) in [6, 6.07) is 6.83. The third-order valence-corrected chi connectivity index (χ3v) is 5.39. The Bertz CT molecular complexity index is 1340. The number of fused-ring (bicyclic) bond motifs is 2. The number of halogens is 3. The standard InChI is InChI=1S/C23H20F3N5O2/c1-32-7-8-33-19-12-28-17-4-3-13(9-18(17)29-19)22-21(30-23-27-5-2-6-31(22)23)15-10-14(24)11-16(25)20(15)26/h3-4,9-12H,2,5-8H2,1H3,(H,27,30). The number of ether oxygens (including phenoxy) is 2. The number of nitrogens with one attached hydrogen (secondary N) is 1. The van der Waals surface area contributed by atoms with E-state index < -0.39 is 17.5 Å². The van der Waals surface area contributed by atoms with E-state index >= 15 is 0 Å². The normalized spacial score (nSPS) is 13.1. The topological polar surface area (TPSA) is 74.1 Å². The molecular formula is C23H20F3N5O2. The van der Waals surface area contributed by atoms with E-state index in [1.165, 1.54) is 6.20 Å². The second kappa shape index (κ2) is 8.70. The molecule has 1 N–H and O–H groups in total. The SMILES string of the molecule is COCCOc1cnc2ccc(-c3c(-c4cc(F)cc(F)c4F)nc4n3CCCN4)cc2n1. The fraction of sp³-hybridized carbons (Fsp3) is 0.261. The summed E-state index contributed by atoms with van der Waals surface area (Å²) in [5.41, 5.74) is 2.30. The average molecular weight is 455 g/mol. The zero-order valence-electron chi connectivity index (χ0n) is 17.7. The molecule has 0 spiro atoms. The Kier molecular flexibility index (Phi) is 5.59. The predicted octanol–water partition coefficient (Wildman–Crippen LogP) is 4.42. The molecule has 7 nitrogen and oxygen atoms in total. The number of hydrogen-bond acceptors (Lipinski definition) is 6. The van der Waals surface area contributed by atoms with Crippen molar-refractivity contribution in [3.05, 3.63) is 54.0 Å². The van der Waals surface area contributed by atoms with Gasteiger partial charge in [0.1, 0.15) is 18.1 Å².